The molecule has 0 amide bonds. The fraction of sp³-hybridized carbons (Fsp3) is 0.600. The summed E-state index contributed by atoms with van der Waals surface area (Å²) in [5, 5.41) is 0. The van der Waals surface area contributed by atoms with E-state index in [2.05, 4.69) is 25.8 Å². The summed E-state index contributed by atoms with van der Waals surface area (Å²) in [6.07, 6.45) is 0. The summed E-state index contributed by atoms with van der Waals surface area (Å²) in [4.78, 5) is 2.25. The third kappa shape index (κ3) is 4.40. The van der Waals surface area contributed by atoms with Crippen LogP contribution in [0.5, 0.6) is 17.2 Å². The lowest BCUT2D eigenvalue weighted by Gasteiger charge is -2.29. The minimum atomic E-state index is 0. The molecule has 0 unspecified atom stereocenters. The van der Waals surface area contributed by atoms with Gasteiger partial charge in [-0.05, 0) is 36.7 Å². The van der Waals surface area contributed by atoms with Crippen molar-refractivity contribution >= 4 is 12.4 Å². The molecule has 0 spiro atoms. The maximum absolute atomic E-state index is 5.78. The van der Waals surface area contributed by atoms with Gasteiger partial charge in [-0.25, -0.2) is 0 Å². The topological polar surface area (TPSA) is 57.0 Å². The van der Waals surface area contributed by atoms with E-state index < -0.39 is 0 Å². The highest BCUT2D eigenvalue weighted by molar-refractivity contribution is 5.85. The van der Waals surface area contributed by atoms with E-state index in [1.165, 1.54) is 0 Å². The average Bonchev–Trinajstić information content (AvgIpc) is 2.85. The van der Waals surface area contributed by atoms with Crippen LogP contribution in [0.15, 0.2) is 12.1 Å². The van der Waals surface area contributed by atoms with Crippen molar-refractivity contribution in [3.05, 3.63) is 17.7 Å². The van der Waals surface area contributed by atoms with Crippen molar-refractivity contribution < 1.29 is 14.2 Å². The SMILES string of the molecule is COc1cc(CN(C)CC(C)(C)CN)cc2c1OCO2.Cl. The second kappa shape index (κ2) is 7.20. The molecule has 120 valence electrons. The molecule has 0 radical (unpaired) electrons. The molecule has 2 rings (SSSR count). The van der Waals surface area contributed by atoms with Crippen molar-refractivity contribution in [3.8, 4) is 17.2 Å². The van der Waals surface area contributed by atoms with Crippen LogP contribution in [0.1, 0.15) is 19.4 Å². The minimum absolute atomic E-state index is 0. The number of nitrogens with two attached hydrogens (primary N) is 1. The quantitative estimate of drug-likeness (QED) is 0.872. The molecule has 1 aromatic rings. The third-order valence-electron chi connectivity index (χ3n) is 3.42. The lowest BCUT2D eigenvalue weighted by atomic mass is 9.93. The molecule has 0 aliphatic carbocycles. The van der Waals surface area contributed by atoms with E-state index in [1.54, 1.807) is 7.11 Å². The highest BCUT2D eigenvalue weighted by atomic mass is 35.5. The highest BCUT2D eigenvalue weighted by Gasteiger charge is 2.22. The van der Waals surface area contributed by atoms with Crippen molar-refractivity contribution in [1.82, 2.24) is 4.90 Å². The lowest BCUT2D eigenvalue weighted by Crippen LogP contribution is -2.36. The van der Waals surface area contributed by atoms with Crippen LogP contribution in [0.4, 0.5) is 0 Å². The zero-order chi connectivity index (χ0) is 14.8. The molecule has 6 heteroatoms. The van der Waals surface area contributed by atoms with Crippen LogP contribution in [-0.2, 0) is 6.54 Å². The van der Waals surface area contributed by atoms with E-state index in [4.69, 9.17) is 19.9 Å². The van der Waals surface area contributed by atoms with Crippen molar-refractivity contribution in [1.29, 1.82) is 0 Å². The van der Waals surface area contributed by atoms with Crippen molar-refractivity contribution in [2.75, 3.05) is 34.0 Å². The summed E-state index contributed by atoms with van der Waals surface area (Å²) in [6.45, 7) is 7.01. The van der Waals surface area contributed by atoms with Crippen LogP contribution in [-0.4, -0.2) is 38.9 Å². The number of hydrogen-bond acceptors (Lipinski definition) is 5. The summed E-state index contributed by atoms with van der Waals surface area (Å²) in [5.41, 5.74) is 7.03. The van der Waals surface area contributed by atoms with Crippen LogP contribution in [0.2, 0.25) is 0 Å². The van der Waals surface area contributed by atoms with Crippen LogP contribution in [0.3, 0.4) is 0 Å². The van der Waals surface area contributed by atoms with Gasteiger partial charge in [-0.15, -0.1) is 12.4 Å². The first-order chi connectivity index (χ1) is 9.45. The predicted octanol–water partition coefficient (Wildman–Crippen LogP) is 2.26. The van der Waals surface area contributed by atoms with E-state index in [0.717, 1.165) is 30.2 Å². The Labute approximate surface area is 132 Å². The Morgan fingerprint density at radius 3 is 2.67 bits per heavy atom. The second-order valence-electron chi connectivity index (χ2n) is 6.07. The smallest absolute Gasteiger partial charge is 0.231 e. The van der Waals surface area contributed by atoms with Gasteiger partial charge in [0.25, 0.3) is 0 Å². The number of hydrogen-bond donors (Lipinski definition) is 1. The first kappa shape index (κ1) is 17.9. The van der Waals surface area contributed by atoms with Gasteiger partial charge in [0.05, 0.1) is 7.11 Å². The summed E-state index contributed by atoms with van der Waals surface area (Å²) in [5.74, 6) is 2.17. The molecule has 0 fully saturated rings. The van der Waals surface area contributed by atoms with Crippen LogP contribution in [0.25, 0.3) is 0 Å². The Kier molecular flexibility index (Phi) is 6.13. The molecule has 1 aliphatic heterocycles. The van der Waals surface area contributed by atoms with Crippen LogP contribution < -0.4 is 19.9 Å². The van der Waals surface area contributed by atoms with Gasteiger partial charge in [-0.2, -0.15) is 0 Å². The molecule has 1 aliphatic rings. The fourth-order valence-corrected chi connectivity index (χ4v) is 2.44. The Morgan fingerprint density at radius 2 is 2.05 bits per heavy atom. The predicted molar refractivity (Wildman–Crippen MR) is 85.5 cm³/mol. The fourth-order valence-electron chi connectivity index (χ4n) is 2.44. The first-order valence-electron chi connectivity index (χ1n) is 6.80. The Morgan fingerprint density at radius 1 is 1.33 bits per heavy atom. The number of nitrogens with zero attached hydrogens (tertiary/aromatic N) is 1. The van der Waals surface area contributed by atoms with E-state index in [-0.39, 0.29) is 24.6 Å². The molecule has 2 N–H and O–H groups in total. The molecule has 1 heterocycles. The third-order valence-corrected chi connectivity index (χ3v) is 3.42. The number of benzene rings is 1. The molecule has 1 aromatic carbocycles. The number of halogens is 1. The molecular weight excluding hydrogens is 292 g/mol. The molecule has 0 atom stereocenters. The van der Waals surface area contributed by atoms with Gasteiger partial charge in [-0.1, -0.05) is 13.8 Å². The first-order valence-corrected chi connectivity index (χ1v) is 6.80. The van der Waals surface area contributed by atoms with Crippen molar-refractivity contribution in [3.63, 3.8) is 0 Å². The molecule has 0 saturated heterocycles. The Bertz CT molecular complexity index is 480. The summed E-state index contributed by atoms with van der Waals surface area (Å²) >= 11 is 0. The Hall–Kier alpha value is -1.17. The molecule has 0 saturated carbocycles. The van der Waals surface area contributed by atoms with Crippen molar-refractivity contribution in [2.45, 2.75) is 20.4 Å². The monoisotopic (exact) mass is 316 g/mol. The lowest BCUT2D eigenvalue weighted by molar-refractivity contribution is 0.171. The van der Waals surface area contributed by atoms with Gasteiger partial charge >= 0.3 is 0 Å². The van der Waals surface area contributed by atoms with Crippen molar-refractivity contribution in [2.24, 2.45) is 11.1 Å². The average molecular weight is 317 g/mol. The standard InChI is InChI=1S/C15H24N2O3.ClH/c1-15(2,8-16)9-17(3)7-11-5-12(18-4)14-13(6-11)19-10-20-14;/h5-6H,7-10,16H2,1-4H3;1H. The Balaban J connectivity index is 0.00000220. The number of methoxy groups -OCH3 is 1. The van der Waals surface area contributed by atoms with Gasteiger partial charge in [0, 0.05) is 13.1 Å². The van der Waals surface area contributed by atoms with Gasteiger partial charge in [0.15, 0.2) is 11.5 Å². The van der Waals surface area contributed by atoms with E-state index in [1.807, 2.05) is 12.1 Å². The minimum Gasteiger partial charge on any atom is -0.493 e. The van der Waals surface area contributed by atoms with Gasteiger partial charge in [0.2, 0.25) is 12.5 Å². The summed E-state index contributed by atoms with van der Waals surface area (Å²) in [7, 11) is 3.73. The molecule has 5 nitrogen and oxygen atoms in total. The van der Waals surface area contributed by atoms with Gasteiger partial charge < -0.3 is 24.8 Å². The number of rotatable bonds is 6. The van der Waals surface area contributed by atoms with Gasteiger partial charge in [0.1, 0.15) is 0 Å². The van der Waals surface area contributed by atoms with Crippen LogP contribution in [0, 0.1) is 5.41 Å². The summed E-state index contributed by atoms with van der Waals surface area (Å²) < 4.78 is 16.2. The maximum Gasteiger partial charge on any atom is 0.231 e. The molecule has 21 heavy (non-hydrogen) atoms. The highest BCUT2D eigenvalue weighted by Crippen LogP contribution is 2.42. The number of ether oxygens (including phenoxy) is 3. The zero-order valence-corrected chi connectivity index (χ0v) is 14.0. The molecular formula is C15H25ClN2O3. The van der Waals surface area contributed by atoms with Crippen LogP contribution >= 0.6 is 12.4 Å². The van der Waals surface area contributed by atoms with Gasteiger partial charge in [-0.3, -0.25) is 0 Å². The number of fused-ring (bicyclic) bond motifs is 1. The normalized spacial score (nSPS) is 13.2. The maximum atomic E-state index is 5.78. The largest absolute Gasteiger partial charge is 0.493 e. The zero-order valence-electron chi connectivity index (χ0n) is 13.1. The summed E-state index contributed by atoms with van der Waals surface area (Å²) in [6, 6.07) is 4.01. The second-order valence-corrected chi connectivity index (χ2v) is 6.07. The van der Waals surface area contributed by atoms with E-state index in [0.29, 0.717) is 12.3 Å². The van der Waals surface area contributed by atoms with E-state index in [9.17, 15) is 0 Å². The molecule has 0 bridgehead atoms. The van der Waals surface area contributed by atoms with E-state index >= 15 is 0 Å². The molecule has 0 aromatic heterocycles.